The van der Waals surface area contributed by atoms with Crippen LogP contribution < -0.4 is 0 Å². The number of carbonyl (C=O) groups is 1. The van der Waals surface area contributed by atoms with E-state index in [1.54, 1.807) is 11.0 Å². The molecule has 130 valence electrons. The van der Waals surface area contributed by atoms with Crippen LogP contribution in [0.3, 0.4) is 0 Å². The zero-order chi connectivity index (χ0) is 17.2. The highest BCUT2D eigenvalue weighted by molar-refractivity contribution is 5.76. The Hall–Kier alpha value is -2.29. The van der Waals surface area contributed by atoms with Crippen molar-refractivity contribution in [1.82, 2.24) is 34.8 Å². The minimum Gasteiger partial charge on any atom is -0.367 e. The van der Waals surface area contributed by atoms with Crippen molar-refractivity contribution in [3.8, 4) is 0 Å². The second-order valence-corrected chi connectivity index (χ2v) is 6.90. The van der Waals surface area contributed by atoms with Crippen molar-refractivity contribution in [3.05, 3.63) is 24.3 Å². The van der Waals surface area contributed by atoms with E-state index in [2.05, 4.69) is 46.0 Å². The fraction of sp³-hybridized carbons (Fsp3) is 0.667. The van der Waals surface area contributed by atoms with Crippen molar-refractivity contribution in [1.29, 1.82) is 0 Å². The molecule has 1 saturated heterocycles. The first-order valence-electron chi connectivity index (χ1n) is 8.08. The average molecular weight is 333 g/mol. The number of aromatic amines is 1. The Morgan fingerprint density at radius 2 is 2.29 bits per heavy atom. The molecule has 1 unspecified atom stereocenters. The molecule has 24 heavy (non-hydrogen) atoms. The first-order chi connectivity index (χ1) is 11.4. The van der Waals surface area contributed by atoms with Crippen LogP contribution >= 0.6 is 0 Å². The van der Waals surface area contributed by atoms with Crippen LogP contribution in [0, 0.1) is 0 Å². The number of amides is 1. The Kier molecular flexibility index (Phi) is 4.61. The second-order valence-electron chi connectivity index (χ2n) is 6.90. The molecule has 2 aromatic heterocycles. The van der Waals surface area contributed by atoms with Gasteiger partial charge in [-0.05, 0) is 0 Å². The van der Waals surface area contributed by atoms with Crippen LogP contribution in [-0.2, 0) is 21.5 Å². The number of hydrogen-bond donors (Lipinski definition) is 1. The molecule has 3 rings (SSSR count). The minimum absolute atomic E-state index is 0.0781. The first-order valence-corrected chi connectivity index (χ1v) is 8.08. The number of hydrogen-bond acceptors (Lipinski definition) is 6. The summed E-state index contributed by atoms with van der Waals surface area (Å²) in [7, 11) is 0. The summed E-state index contributed by atoms with van der Waals surface area (Å²) in [5.74, 6) is 1.50. The van der Waals surface area contributed by atoms with Gasteiger partial charge in [0, 0.05) is 18.4 Å². The molecule has 0 radical (unpaired) electrons. The lowest BCUT2D eigenvalue weighted by atomic mass is 9.96. The lowest BCUT2D eigenvalue weighted by Crippen LogP contribution is -2.42. The summed E-state index contributed by atoms with van der Waals surface area (Å²) >= 11 is 0. The number of H-pyrrole nitrogens is 1. The summed E-state index contributed by atoms with van der Waals surface area (Å²) < 4.78 is 7.42. The molecule has 9 heteroatoms. The number of aryl methyl sites for hydroxylation is 1. The predicted molar refractivity (Wildman–Crippen MR) is 85.0 cm³/mol. The summed E-state index contributed by atoms with van der Waals surface area (Å²) in [4.78, 5) is 22.6. The van der Waals surface area contributed by atoms with E-state index in [0.29, 0.717) is 38.5 Å². The normalized spacial score (nSPS) is 18.8. The van der Waals surface area contributed by atoms with Crippen molar-refractivity contribution >= 4 is 5.91 Å². The number of rotatable bonds is 4. The number of morpholine rings is 1. The van der Waals surface area contributed by atoms with E-state index < -0.39 is 0 Å². The van der Waals surface area contributed by atoms with Gasteiger partial charge in [-0.25, -0.2) is 9.97 Å². The molecule has 1 aliphatic rings. The second kappa shape index (κ2) is 6.68. The lowest BCUT2D eigenvalue weighted by Gasteiger charge is -2.32. The fourth-order valence-corrected chi connectivity index (χ4v) is 2.51. The van der Waals surface area contributed by atoms with Crippen LogP contribution in [-0.4, -0.2) is 60.4 Å². The van der Waals surface area contributed by atoms with Gasteiger partial charge in [-0.1, -0.05) is 20.8 Å². The highest BCUT2D eigenvalue weighted by Gasteiger charge is 2.29. The van der Waals surface area contributed by atoms with E-state index in [0.717, 1.165) is 5.82 Å². The highest BCUT2D eigenvalue weighted by atomic mass is 16.5. The van der Waals surface area contributed by atoms with E-state index in [1.807, 2.05) is 4.90 Å². The van der Waals surface area contributed by atoms with Gasteiger partial charge in [-0.15, -0.1) is 0 Å². The van der Waals surface area contributed by atoms with Gasteiger partial charge < -0.3 is 9.64 Å². The standard InChI is InChI=1S/C15H23N7O2/c1-15(2,3)14-18-13(19-20-14)11-8-21(6-7-24-11)12(23)4-5-22-10-16-9-17-22/h9-11H,4-8H2,1-3H3,(H,18,19,20). The minimum atomic E-state index is -0.266. The first kappa shape index (κ1) is 16.6. The van der Waals surface area contributed by atoms with Gasteiger partial charge in [0.2, 0.25) is 5.91 Å². The van der Waals surface area contributed by atoms with Crippen LogP contribution in [0.5, 0.6) is 0 Å². The lowest BCUT2D eigenvalue weighted by molar-refractivity contribution is -0.139. The monoisotopic (exact) mass is 333 g/mol. The van der Waals surface area contributed by atoms with E-state index in [1.165, 1.54) is 6.33 Å². The molecule has 3 heterocycles. The third kappa shape index (κ3) is 3.78. The molecule has 9 nitrogen and oxygen atoms in total. The highest BCUT2D eigenvalue weighted by Crippen LogP contribution is 2.23. The van der Waals surface area contributed by atoms with Crippen LogP contribution in [0.4, 0.5) is 0 Å². The molecule has 1 atom stereocenters. The molecule has 1 fully saturated rings. The molecule has 1 amide bonds. The number of carbonyl (C=O) groups excluding carboxylic acids is 1. The predicted octanol–water partition coefficient (Wildman–Crippen LogP) is 0.684. The van der Waals surface area contributed by atoms with Crippen LogP contribution in [0.25, 0.3) is 0 Å². The zero-order valence-corrected chi connectivity index (χ0v) is 14.3. The Labute approximate surface area is 140 Å². The molecule has 0 bridgehead atoms. The SMILES string of the molecule is CC(C)(C)c1n[nH]c(C2CN(C(=O)CCn3cncn3)CCO2)n1. The van der Waals surface area contributed by atoms with Gasteiger partial charge in [-0.3, -0.25) is 14.6 Å². The van der Waals surface area contributed by atoms with Gasteiger partial charge in [0.1, 0.15) is 18.8 Å². The summed E-state index contributed by atoms with van der Waals surface area (Å²) in [5.41, 5.74) is -0.128. The van der Waals surface area contributed by atoms with Crippen LogP contribution in [0.15, 0.2) is 12.7 Å². The van der Waals surface area contributed by atoms with Crippen molar-refractivity contribution in [2.24, 2.45) is 0 Å². The maximum absolute atomic E-state index is 12.4. The Morgan fingerprint density at radius 3 is 2.96 bits per heavy atom. The van der Waals surface area contributed by atoms with Crippen molar-refractivity contribution < 1.29 is 9.53 Å². The fourth-order valence-electron chi connectivity index (χ4n) is 2.51. The molecule has 0 saturated carbocycles. The zero-order valence-electron chi connectivity index (χ0n) is 14.3. The quantitative estimate of drug-likeness (QED) is 0.883. The molecule has 2 aromatic rings. The molecule has 0 aliphatic carbocycles. The van der Waals surface area contributed by atoms with E-state index in [9.17, 15) is 4.79 Å². The Balaban J connectivity index is 1.59. The van der Waals surface area contributed by atoms with Gasteiger partial charge in [0.25, 0.3) is 0 Å². The number of aromatic nitrogens is 6. The summed E-state index contributed by atoms with van der Waals surface area (Å²) in [6.45, 7) is 8.26. The number of nitrogens with zero attached hydrogens (tertiary/aromatic N) is 6. The largest absolute Gasteiger partial charge is 0.367 e. The Morgan fingerprint density at radius 1 is 1.46 bits per heavy atom. The van der Waals surface area contributed by atoms with Gasteiger partial charge >= 0.3 is 0 Å². The van der Waals surface area contributed by atoms with Crippen molar-refractivity contribution in [2.75, 3.05) is 19.7 Å². The van der Waals surface area contributed by atoms with Gasteiger partial charge in [0.05, 0.1) is 19.7 Å². The maximum atomic E-state index is 12.4. The smallest absolute Gasteiger partial charge is 0.224 e. The van der Waals surface area contributed by atoms with Crippen LogP contribution in [0.2, 0.25) is 0 Å². The topological polar surface area (TPSA) is 102 Å². The van der Waals surface area contributed by atoms with Crippen LogP contribution in [0.1, 0.15) is 44.9 Å². The number of nitrogens with one attached hydrogen (secondary N) is 1. The third-order valence-corrected chi connectivity index (χ3v) is 3.92. The molecule has 1 aliphatic heterocycles. The third-order valence-electron chi connectivity index (χ3n) is 3.92. The van der Waals surface area contributed by atoms with Gasteiger partial charge in [-0.2, -0.15) is 10.2 Å². The maximum Gasteiger partial charge on any atom is 0.224 e. The average Bonchev–Trinajstić information content (AvgIpc) is 3.23. The van der Waals surface area contributed by atoms with Gasteiger partial charge in [0.15, 0.2) is 11.6 Å². The molecular weight excluding hydrogens is 310 g/mol. The Bertz CT molecular complexity index is 674. The van der Waals surface area contributed by atoms with Crippen molar-refractivity contribution in [2.45, 2.75) is 45.3 Å². The van der Waals surface area contributed by atoms with E-state index >= 15 is 0 Å². The molecule has 0 aromatic carbocycles. The number of ether oxygens (including phenoxy) is 1. The molecule has 1 N–H and O–H groups in total. The summed E-state index contributed by atoms with van der Waals surface area (Å²) in [6.07, 6.45) is 3.20. The summed E-state index contributed by atoms with van der Waals surface area (Å²) in [6, 6.07) is 0. The summed E-state index contributed by atoms with van der Waals surface area (Å²) in [5, 5.41) is 11.2. The molecular formula is C15H23N7O2. The van der Waals surface area contributed by atoms with E-state index in [-0.39, 0.29) is 17.4 Å². The van der Waals surface area contributed by atoms with E-state index in [4.69, 9.17) is 4.74 Å². The molecule has 0 spiro atoms. The van der Waals surface area contributed by atoms with Crippen molar-refractivity contribution in [3.63, 3.8) is 0 Å².